The Balaban J connectivity index is 2.39. The summed E-state index contributed by atoms with van der Waals surface area (Å²) in [6.45, 7) is 26.3. The van der Waals surface area contributed by atoms with Crippen LogP contribution >= 0.6 is 0 Å². The summed E-state index contributed by atoms with van der Waals surface area (Å²) in [6.07, 6.45) is 2.67. The summed E-state index contributed by atoms with van der Waals surface area (Å²) < 4.78 is 37.7. The van der Waals surface area contributed by atoms with E-state index in [1.807, 2.05) is 18.4 Å². The highest BCUT2D eigenvalue weighted by Crippen LogP contribution is 2.38. The summed E-state index contributed by atoms with van der Waals surface area (Å²) in [4.78, 5) is 111. The minimum absolute atomic E-state index is 0.00802. The zero-order valence-corrected chi connectivity index (χ0v) is 47.4. The lowest BCUT2D eigenvalue weighted by Crippen LogP contribution is -2.63. The van der Waals surface area contributed by atoms with E-state index in [9.17, 15) is 42.7 Å². The largest absolute Gasteiger partial charge is 0.467 e. The number of methoxy groups -OCH3 is 1. The lowest BCUT2D eigenvalue weighted by Gasteiger charge is -2.42. The highest BCUT2D eigenvalue weighted by molar-refractivity contribution is 5.97. The number of aromatic nitrogens is 1. The van der Waals surface area contributed by atoms with Crippen molar-refractivity contribution in [3.63, 3.8) is 0 Å². The molecule has 19 nitrogen and oxygen atoms in total. The Kier molecular flexibility index (Phi) is 23.2. The molecule has 1 heterocycles. The Morgan fingerprint density at radius 3 is 1.93 bits per heavy atom. The molecule has 0 fully saturated rings. The molecule has 416 valence electrons. The average molecular weight is 1040 g/mol. The van der Waals surface area contributed by atoms with Gasteiger partial charge in [-0.25, -0.2) is 23.6 Å². The van der Waals surface area contributed by atoms with Gasteiger partial charge < -0.3 is 49.7 Å². The Bertz CT molecular complexity index is 2340. The number of hydrogen-bond acceptors (Lipinski definition) is 12. The van der Waals surface area contributed by atoms with E-state index in [4.69, 9.17) is 18.9 Å². The van der Waals surface area contributed by atoms with Gasteiger partial charge in [0.05, 0.1) is 19.8 Å². The molecule has 0 spiro atoms. The first-order valence-electron chi connectivity index (χ1n) is 25.2. The Morgan fingerprint density at radius 1 is 0.797 bits per heavy atom. The topological polar surface area (TPSA) is 233 Å². The standard InChI is InChI=1S/C54H86FN7O12/c1-20-72-48(68)38(25-27-41(63)57-37(47(67)71-19)23-21-22-28-56-49(69)73-52(8,9)10)58-44(64)33(4)29-40(32(2)3)61(17)46(66)42(51(5,6)7)59-45(65)43(62(18)50(70)74-53(11,12)13)54(14,15)36-31-60(16)39-26-24-34(55)30-35(36)39/h24,26,29-32,37-38,40,42-43H,20-23,25,27-28H2,1-19H3,(H,56,69)(H,57,63)(H,58,64)(H,59,65)/b33-29+/t37-,38+,40+,42+,43+/m0/s1. The molecule has 74 heavy (non-hydrogen) atoms. The summed E-state index contributed by atoms with van der Waals surface area (Å²) in [5, 5.41) is 11.5. The van der Waals surface area contributed by atoms with E-state index in [0.717, 1.165) is 0 Å². The van der Waals surface area contributed by atoms with Crippen LogP contribution in [0.2, 0.25) is 0 Å². The number of ether oxygens (including phenoxy) is 4. The lowest BCUT2D eigenvalue weighted by atomic mass is 9.76. The molecule has 0 bridgehead atoms. The maximum absolute atomic E-state index is 15.0. The zero-order valence-electron chi connectivity index (χ0n) is 47.4. The number of unbranched alkanes of at least 4 members (excludes halogenated alkanes) is 1. The monoisotopic (exact) mass is 1040 g/mol. The average Bonchev–Trinajstić information content (AvgIpc) is 3.61. The predicted octanol–water partition coefficient (Wildman–Crippen LogP) is 6.97. The van der Waals surface area contributed by atoms with Gasteiger partial charge >= 0.3 is 24.1 Å². The van der Waals surface area contributed by atoms with E-state index >= 15 is 0 Å². The van der Waals surface area contributed by atoms with Crippen molar-refractivity contribution in [1.82, 2.24) is 35.6 Å². The van der Waals surface area contributed by atoms with Gasteiger partial charge in [-0.3, -0.25) is 24.1 Å². The predicted molar refractivity (Wildman–Crippen MR) is 280 cm³/mol. The van der Waals surface area contributed by atoms with Crippen LogP contribution in [0.1, 0.15) is 142 Å². The maximum atomic E-state index is 15.0. The van der Waals surface area contributed by atoms with Crippen LogP contribution in [0.3, 0.4) is 0 Å². The van der Waals surface area contributed by atoms with Crippen LogP contribution in [0.5, 0.6) is 0 Å². The number of likely N-dealkylation sites (N-methyl/N-ethyl adjacent to an activating group) is 2. The van der Waals surface area contributed by atoms with Crippen LogP contribution in [0.25, 0.3) is 10.9 Å². The van der Waals surface area contributed by atoms with E-state index in [1.54, 1.807) is 116 Å². The molecule has 0 radical (unpaired) electrons. The van der Waals surface area contributed by atoms with E-state index in [2.05, 4.69) is 21.3 Å². The van der Waals surface area contributed by atoms with Crippen LogP contribution in [0.4, 0.5) is 14.0 Å². The number of rotatable bonds is 23. The molecule has 1 aromatic heterocycles. The molecule has 0 aliphatic heterocycles. The molecule has 0 saturated heterocycles. The molecular weight excluding hydrogens is 958 g/mol. The fourth-order valence-corrected chi connectivity index (χ4v) is 8.43. The number of benzene rings is 1. The Hall–Kier alpha value is -6.21. The van der Waals surface area contributed by atoms with Gasteiger partial charge in [-0.05, 0) is 116 Å². The second-order valence-corrected chi connectivity index (χ2v) is 22.8. The molecule has 4 N–H and O–H groups in total. The van der Waals surface area contributed by atoms with Crippen molar-refractivity contribution in [3.8, 4) is 0 Å². The van der Waals surface area contributed by atoms with Crippen molar-refractivity contribution < 1.29 is 61.7 Å². The van der Waals surface area contributed by atoms with E-state index in [0.29, 0.717) is 29.3 Å². The molecular formula is C54H86FN7O12. The molecule has 20 heteroatoms. The summed E-state index contributed by atoms with van der Waals surface area (Å²) in [6, 6.07) is -1.12. The van der Waals surface area contributed by atoms with Gasteiger partial charge in [0.1, 0.15) is 41.2 Å². The number of amides is 6. The first-order chi connectivity index (χ1) is 34.0. The van der Waals surface area contributed by atoms with Crippen molar-refractivity contribution >= 4 is 58.7 Å². The van der Waals surface area contributed by atoms with Crippen LogP contribution < -0.4 is 21.3 Å². The molecule has 5 atom stereocenters. The minimum Gasteiger partial charge on any atom is -0.467 e. The van der Waals surface area contributed by atoms with Gasteiger partial charge in [-0.15, -0.1) is 0 Å². The third-order valence-electron chi connectivity index (χ3n) is 12.2. The summed E-state index contributed by atoms with van der Waals surface area (Å²) >= 11 is 0. The first kappa shape index (κ1) is 63.9. The second-order valence-electron chi connectivity index (χ2n) is 22.8. The number of hydrogen-bond donors (Lipinski definition) is 4. The lowest BCUT2D eigenvalue weighted by molar-refractivity contribution is -0.148. The highest BCUT2D eigenvalue weighted by atomic mass is 19.1. The number of halogens is 1. The molecule has 0 aliphatic carbocycles. The summed E-state index contributed by atoms with van der Waals surface area (Å²) in [5.41, 5.74) is -2.26. The van der Waals surface area contributed by atoms with Gasteiger partial charge in [-0.2, -0.15) is 0 Å². The van der Waals surface area contributed by atoms with Crippen molar-refractivity contribution in [2.45, 2.75) is 183 Å². The SMILES string of the molecule is CCOC(=O)[C@@H](CCC(=O)N[C@@H](CCCCNC(=O)OC(C)(C)C)C(=O)OC)NC(=O)/C(C)=C/[C@H](C(C)C)N(C)C(=O)[C@@H](NC(=O)[C@@H](N(C)C(=O)OC(C)(C)C)C(C)(C)c1cn(C)c2ccc(F)cc12)C(C)(C)C. The zero-order chi connectivity index (χ0) is 56.8. The number of esters is 2. The normalized spacial score (nSPS) is 14.4. The van der Waals surface area contributed by atoms with Crippen LogP contribution in [0.15, 0.2) is 36.0 Å². The van der Waals surface area contributed by atoms with Crippen molar-refractivity contribution in [2.24, 2.45) is 18.4 Å². The van der Waals surface area contributed by atoms with Crippen LogP contribution in [-0.4, -0.2) is 138 Å². The van der Waals surface area contributed by atoms with E-state index in [-0.39, 0.29) is 43.9 Å². The maximum Gasteiger partial charge on any atom is 0.410 e. The number of aryl methyl sites for hydroxylation is 1. The fourth-order valence-electron chi connectivity index (χ4n) is 8.43. The molecule has 0 unspecified atom stereocenters. The number of nitrogens with zero attached hydrogens (tertiary/aromatic N) is 3. The number of alkyl carbamates (subject to hydrolysis) is 1. The quantitative estimate of drug-likeness (QED) is 0.0383. The van der Waals surface area contributed by atoms with Crippen molar-refractivity contribution in [3.05, 3.63) is 47.4 Å². The number of fused-ring (bicyclic) bond motifs is 1. The minimum atomic E-state index is -1.29. The fraction of sp³-hybridized carbons (Fsp3) is 0.667. The second kappa shape index (κ2) is 26.8. The number of carbonyl (C=O) groups excluding carboxylic acids is 8. The van der Waals surface area contributed by atoms with Gasteiger partial charge in [0, 0.05) is 62.2 Å². The Morgan fingerprint density at radius 2 is 1.39 bits per heavy atom. The van der Waals surface area contributed by atoms with Gasteiger partial charge in [0.25, 0.3) is 0 Å². The third kappa shape index (κ3) is 18.9. The molecule has 2 rings (SSSR count). The molecule has 2 aromatic rings. The first-order valence-corrected chi connectivity index (χ1v) is 25.2. The Labute approximate surface area is 437 Å². The van der Waals surface area contributed by atoms with Crippen LogP contribution in [-0.2, 0) is 60.2 Å². The number of nitrogens with one attached hydrogen (secondary N) is 4. The van der Waals surface area contributed by atoms with Crippen molar-refractivity contribution in [2.75, 3.05) is 34.4 Å². The van der Waals surface area contributed by atoms with Gasteiger partial charge in [0.2, 0.25) is 23.6 Å². The van der Waals surface area contributed by atoms with Crippen molar-refractivity contribution in [1.29, 1.82) is 0 Å². The van der Waals surface area contributed by atoms with E-state index < -0.39 is 106 Å². The van der Waals surface area contributed by atoms with Crippen LogP contribution in [0, 0.1) is 17.2 Å². The van der Waals surface area contributed by atoms with Gasteiger partial charge in [0.15, 0.2) is 0 Å². The number of carbonyl (C=O) groups is 8. The summed E-state index contributed by atoms with van der Waals surface area (Å²) in [5.74, 6) is -4.66. The molecule has 0 saturated carbocycles. The summed E-state index contributed by atoms with van der Waals surface area (Å²) in [7, 11) is 5.99. The molecule has 1 aromatic carbocycles. The smallest absolute Gasteiger partial charge is 0.410 e. The van der Waals surface area contributed by atoms with E-state index in [1.165, 1.54) is 43.0 Å². The van der Waals surface area contributed by atoms with Gasteiger partial charge in [-0.1, -0.05) is 54.5 Å². The molecule has 0 aliphatic rings. The molecule has 6 amide bonds. The third-order valence-corrected chi connectivity index (χ3v) is 12.2. The highest BCUT2D eigenvalue weighted by Gasteiger charge is 2.47.